The van der Waals surface area contributed by atoms with E-state index < -0.39 is 0 Å². The van der Waals surface area contributed by atoms with Crippen LogP contribution in [0, 0.1) is 25.2 Å². The molecule has 0 saturated heterocycles. The third kappa shape index (κ3) is 2.35. The average Bonchev–Trinajstić information content (AvgIpc) is 2.70. The molecule has 0 bridgehead atoms. The number of nitrogens with zero attached hydrogens (tertiary/aromatic N) is 3. The van der Waals surface area contributed by atoms with Crippen LogP contribution in [0.5, 0.6) is 0 Å². The van der Waals surface area contributed by atoms with Gasteiger partial charge in [0.25, 0.3) is 0 Å². The zero-order valence-corrected chi connectivity index (χ0v) is 10.8. The Morgan fingerprint density at radius 2 is 1.94 bits per heavy atom. The lowest BCUT2D eigenvalue weighted by Gasteiger charge is -2.12. The van der Waals surface area contributed by atoms with E-state index in [1.165, 1.54) is 5.56 Å². The molecule has 0 fully saturated rings. The van der Waals surface area contributed by atoms with E-state index in [2.05, 4.69) is 16.5 Å². The first kappa shape index (κ1) is 12.2. The maximum atomic E-state index is 9.28. The van der Waals surface area contributed by atoms with Gasteiger partial charge in [-0.25, -0.2) is 0 Å². The molecule has 0 aliphatic carbocycles. The molecule has 1 heterocycles. The minimum atomic E-state index is -0.374. The van der Waals surface area contributed by atoms with E-state index in [4.69, 9.17) is 0 Å². The van der Waals surface area contributed by atoms with Crippen LogP contribution < -0.4 is 5.32 Å². The molecule has 1 aromatic carbocycles. The number of aryl methyl sites for hydroxylation is 2. The van der Waals surface area contributed by atoms with Gasteiger partial charge in [-0.2, -0.15) is 10.4 Å². The van der Waals surface area contributed by atoms with Gasteiger partial charge in [0.2, 0.25) is 0 Å². The fourth-order valence-corrected chi connectivity index (χ4v) is 1.80. The maximum absolute atomic E-state index is 9.28. The Morgan fingerprint density at radius 1 is 1.28 bits per heavy atom. The van der Waals surface area contributed by atoms with Gasteiger partial charge in [0.15, 0.2) is 0 Å². The van der Waals surface area contributed by atoms with Crippen LogP contribution in [0.2, 0.25) is 0 Å². The Kier molecular flexibility index (Phi) is 3.33. The molecule has 2 aromatic rings. The molecule has 1 N–H and O–H groups in total. The van der Waals surface area contributed by atoms with Crippen molar-refractivity contribution in [3.8, 4) is 6.07 Å². The second-order valence-electron chi connectivity index (χ2n) is 4.38. The van der Waals surface area contributed by atoms with Crippen molar-refractivity contribution in [1.82, 2.24) is 9.78 Å². The van der Waals surface area contributed by atoms with Crippen LogP contribution in [0.3, 0.4) is 0 Å². The fraction of sp³-hybridized carbons (Fsp3) is 0.286. The number of nitrogens with one attached hydrogen (secondary N) is 1. The largest absolute Gasteiger partial charge is 0.366 e. The molecule has 1 atom stereocenters. The van der Waals surface area contributed by atoms with Gasteiger partial charge in [-0.05, 0) is 26.0 Å². The first-order valence-corrected chi connectivity index (χ1v) is 5.83. The third-order valence-corrected chi connectivity index (χ3v) is 3.08. The molecule has 18 heavy (non-hydrogen) atoms. The van der Waals surface area contributed by atoms with Gasteiger partial charge in [-0.15, -0.1) is 0 Å². The minimum absolute atomic E-state index is 0.374. The van der Waals surface area contributed by atoms with Crippen LogP contribution in [0.15, 0.2) is 30.5 Å². The Bertz CT molecular complexity index is 575. The van der Waals surface area contributed by atoms with Gasteiger partial charge >= 0.3 is 0 Å². The van der Waals surface area contributed by atoms with Crippen LogP contribution in [0.25, 0.3) is 0 Å². The van der Waals surface area contributed by atoms with Crippen molar-refractivity contribution < 1.29 is 0 Å². The lowest BCUT2D eigenvalue weighted by atomic mass is 10.1. The predicted octanol–water partition coefficient (Wildman–Crippen LogP) is 2.71. The Balaban J connectivity index is 2.23. The summed E-state index contributed by atoms with van der Waals surface area (Å²) in [7, 11) is 1.87. The van der Waals surface area contributed by atoms with Crippen LogP contribution in [-0.2, 0) is 7.05 Å². The smallest absolute Gasteiger partial charge is 0.143 e. The van der Waals surface area contributed by atoms with Crippen molar-refractivity contribution in [1.29, 1.82) is 5.26 Å². The highest BCUT2D eigenvalue weighted by Gasteiger charge is 2.15. The number of rotatable bonds is 3. The zero-order chi connectivity index (χ0) is 13.1. The van der Waals surface area contributed by atoms with Crippen molar-refractivity contribution in [2.75, 3.05) is 5.32 Å². The van der Waals surface area contributed by atoms with Crippen LogP contribution >= 0.6 is 0 Å². The molecule has 2 rings (SSSR count). The highest BCUT2D eigenvalue weighted by Crippen LogP contribution is 2.21. The van der Waals surface area contributed by atoms with E-state index in [0.29, 0.717) is 0 Å². The summed E-state index contributed by atoms with van der Waals surface area (Å²) >= 11 is 0. The molecule has 92 valence electrons. The van der Waals surface area contributed by atoms with Gasteiger partial charge in [-0.3, -0.25) is 4.68 Å². The quantitative estimate of drug-likeness (QED) is 0.897. The third-order valence-electron chi connectivity index (χ3n) is 3.08. The van der Waals surface area contributed by atoms with Gasteiger partial charge in [-0.1, -0.05) is 17.7 Å². The molecule has 0 spiro atoms. The van der Waals surface area contributed by atoms with E-state index in [9.17, 15) is 5.26 Å². The highest BCUT2D eigenvalue weighted by molar-refractivity contribution is 5.48. The summed E-state index contributed by atoms with van der Waals surface area (Å²) in [6, 6.07) is 9.89. The van der Waals surface area contributed by atoms with E-state index >= 15 is 0 Å². The Labute approximate surface area is 107 Å². The van der Waals surface area contributed by atoms with Crippen molar-refractivity contribution in [3.05, 3.63) is 47.3 Å². The lowest BCUT2D eigenvalue weighted by molar-refractivity contribution is 0.737. The van der Waals surface area contributed by atoms with Crippen LogP contribution in [-0.4, -0.2) is 9.78 Å². The van der Waals surface area contributed by atoms with E-state index in [0.717, 1.165) is 16.9 Å². The number of benzene rings is 1. The molecule has 0 amide bonds. The van der Waals surface area contributed by atoms with E-state index in [-0.39, 0.29) is 6.04 Å². The first-order chi connectivity index (χ1) is 8.61. The lowest BCUT2D eigenvalue weighted by Crippen LogP contribution is -2.09. The predicted molar refractivity (Wildman–Crippen MR) is 71.1 cm³/mol. The minimum Gasteiger partial charge on any atom is -0.366 e. The van der Waals surface area contributed by atoms with Crippen molar-refractivity contribution in [3.63, 3.8) is 0 Å². The molecule has 0 aliphatic rings. The summed E-state index contributed by atoms with van der Waals surface area (Å²) in [6.07, 6.45) is 1.74. The number of aromatic nitrogens is 2. The van der Waals surface area contributed by atoms with E-state index in [1.54, 1.807) is 10.9 Å². The number of hydrogen-bond donors (Lipinski definition) is 1. The van der Waals surface area contributed by atoms with Crippen molar-refractivity contribution >= 4 is 5.69 Å². The van der Waals surface area contributed by atoms with Crippen LogP contribution in [0.4, 0.5) is 5.69 Å². The molecule has 4 heteroatoms. The molecular formula is C14H16N4. The second kappa shape index (κ2) is 4.92. The fourth-order valence-electron chi connectivity index (χ4n) is 1.80. The number of anilines is 1. The molecule has 4 nitrogen and oxygen atoms in total. The highest BCUT2D eigenvalue weighted by atomic mass is 15.3. The van der Waals surface area contributed by atoms with Gasteiger partial charge in [0.05, 0.1) is 12.3 Å². The van der Waals surface area contributed by atoms with Crippen LogP contribution in [0.1, 0.15) is 22.9 Å². The standard InChI is InChI=1S/C14H16N4/c1-10-4-6-12(7-5-10)17-14(8-15)13-9-16-18(3)11(13)2/h4-7,9,14,17H,1-3H3. The topological polar surface area (TPSA) is 53.6 Å². The number of hydrogen-bond acceptors (Lipinski definition) is 3. The summed E-state index contributed by atoms with van der Waals surface area (Å²) < 4.78 is 1.77. The molecule has 0 saturated carbocycles. The molecular weight excluding hydrogens is 224 g/mol. The first-order valence-electron chi connectivity index (χ1n) is 5.83. The average molecular weight is 240 g/mol. The zero-order valence-electron chi connectivity index (χ0n) is 10.8. The number of nitriles is 1. The van der Waals surface area contributed by atoms with Crippen molar-refractivity contribution in [2.24, 2.45) is 7.05 Å². The summed E-state index contributed by atoms with van der Waals surface area (Å²) in [5.74, 6) is 0. The molecule has 0 radical (unpaired) electrons. The van der Waals surface area contributed by atoms with Gasteiger partial charge < -0.3 is 5.32 Å². The molecule has 1 unspecified atom stereocenters. The summed E-state index contributed by atoms with van der Waals surface area (Å²) in [4.78, 5) is 0. The summed E-state index contributed by atoms with van der Waals surface area (Å²) in [5.41, 5.74) is 4.06. The monoisotopic (exact) mass is 240 g/mol. The van der Waals surface area contributed by atoms with Gasteiger partial charge in [0.1, 0.15) is 6.04 Å². The van der Waals surface area contributed by atoms with Gasteiger partial charge in [0, 0.05) is 24.0 Å². The maximum Gasteiger partial charge on any atom is 0.143 e. The molecule has 1 aromatic heterocycles. The Hall–Kier alpha value is -2.28. The van der Waals surface area contributed by atoms with Crippen molar-refractivity contribution in [2.45, 2.75) is 19.9 Å². The normalized spacial score (nSPS) is 11.9. The summed E-state index contributed by atoms with van der Waals surface area (Å²) in [6.45, 7) is 4.00. The SMILES string of the molecule is Cc1ccc(NC(C#N)c2cnn(C)c2C)cc1. The molecule has 0 aliphatic heterocycles. The summed E-state index contributed by atoms with van der Waals surface area (Å²) in [5, 5.41) is 16.7. The van der Waals surface area contributed by atoms with E-state index in [1.807, 2.05) is 45.2 Å². The second-order valence-corrected chi connectivity index (χ2v) is 4.38. The Morgan fingerprint density at radius 3 is 2.44 bits per heavy atom.